The van der Waals surface area contributed by atoms with Gasteiger partial charge in [0, 0.05) is 11.4 Å². The van der Waals surface area contributed by atoms with Crippen molar-refractivity contribution in [3.05, 3.63) is 66.2 Å². The summed E-state index contributed by atoms with van der Waals surface area (Å²) in [5.41, 5.74) is 5.29. The summed E-state index contributed by atoms with van der Waals surface area (Å²) in [5, 5.41) is 3.40. The van der Waals surface area contributed by atoms with E-state index in [1.54, 1.807) is 0 Å². The molecular weight excluding hydrogens is 244 g/mol. The Morgan fingerprint density at radius 1 is 0.900 bits per heavy atom. The van der Waals surface area contributed by atoms with Crippen LogP contribution in [0.5, 0.6) is 0 Å². The first-order valence-corrected chi connectivity index (χ1v) is 6.76. The van der Waals surface area contributed by atoms with E-state index in [4.69, 9.17) is 0 Å². The lowest BCUT2D eigenvalue weighted by molar-refractivity contribution is 1.39. The molecule has 0 aliphatic carbocycles. The Morgan fingerprint density at radius 2 is 1.55 bits per heavy atom. The molecular formula is C18H20N2. The van der Waals surface area contributed by atoms with Crippen LogP contribution in [0.25, 0.3) is 0 Å². The molecule has 2 aromatic carbocycles. The number of benzene rings is 2. The number of hydrogen-bond donors (Lipinski definition) is 1. The first-order chi connectivity index (χ1) is 9.65. The van der Waals surface area contributed by atoms with E-state index in [1.807, 2.05) is 61.5 Å². The molecule has 0 aliphatic rings. The molecule has 20 heavy (non-hydrogen) atoms. The van der Waals surface area contributed by atoms with Crippen molar-refractivity contribution in [2.24, 2.45) is 4.99 Å². The molecule has 0 radical (unpaired) electrons. The number of hydrogen-bond acceptors (Lipinski definition) is 2. The molecule has 0 spiro atoms. The van der Waals surface area contributed by atoms with Gasteiger partial charge in [0.15, 0.2) is 0 Å². The van der Waals surface area contributed by atoms with Gasteiger partial charge in [-0.3, -0.25) is 4.99 Å². The molecule has 0 unspecified atom stereocenters. The SMILES string of the molecule is CC(C)=CC(C)=Nc1ccccc1Nc1ccccc1. The van der Waals surface area contributed by atoms with E-state index in [0.29, 0.717) is 0 Å². The highest BCUT2D eigenvalue weighted by molar-refractivity contribution is 5.96. The second kappa shape index (κ2) is 6.71. The van der Waals surface area contributed by atoms with E-state index >= 15 is 0 Å². The van der Waals surface area contributed by atoms with Gasteiger partial charge in [-0.15, -0.1) is 0 Å². The fourth-order valence-corrected chi connectivity index (χ4v) is 1.99. The minimum Gasteiger partial charge on any atom is -0.354 e. The molecule has 0 fully saturated rings. The van der Waals surface area contributed by atoms with Crippen molar-refractivity contribution in [3.8, 4) is 0 Å². The average Bonchev–Trinajstić information content (AvgIpc) is 2.41. The Balaban J connectivity index is 2.29. The number of nitrogens with one attached hydrogen (secondary N) is 1. The highest BCUT2D eigenvalue weighted by Gasteiger charge is 2.00. The van der Waals surface area contributed by atoms with Crippen molar-refractivity contribution < 1.29 is 0 Å². The standard InChI is InChI=1S/C18H20N2/c1-14(2)13-15(3)19-17-11-7-8-12-18(17)20-16-9-5-4-6-10-16/h4-13,20H,1-3H3. The summed E-state index contributed by atoms with van der Waals surface area (Å²) >= 11 is 0. The number of aliphatic imine (C=N–C) groups is 1. The van der Waals surface area contributed by atoms with E-state index in [-0.39, 0.29) is 0 Å². The smallest absolute Gasteiger partial charge is 0.0867 e. The van der Waals surface area contributed by atoms with Gasteiger partial charge in [0.25, 0.3) is 0 Å². The predicted molar refractivity (Wildman–Crippen MR) is 88.4 cm³/mol. The summed E-state index contributed by atoms with van der Waals surface area (Å²) in [6.07, 6.45) is 2.08. The molecule has 0 aliphatic heterocycles. The minimum absolute atomic E-state index is 0.950. The number of para-hydroxylation sites is 3. The van der Waals surface area contributed by atoms with Crippen molar-refractivity contribution in [1.29, 1.82) is 0 Å². The number of rotatable bonds is 4. The summed E-state index contributed by atoms with van der Waals surface area (Å²) in [7, 11) is 0. The van der Waals surface area contributed by atoms with Gasteiger partial charge in [-0.1, -0.05) is 35.9 Å². The van der Waals surface area contributed by atoms with Crippen molar-refractivity contribution in [1.82, 2.24) is 0 Å². The molecule has 2 aromatic rings. The Bertz CT molecular complexity index is 621. The summed E-state index contributed by atoms with van der Waals surface area (Å²) in [5.74, 6) is 0. The number of nitrogens with zero attached hydrogens (tertiary/aromatic N) is 1. The Hall–Kier alpha value is -2.35. The Morgan fingerprint density at radius 3 is 2.25 bits per heavy atom. The van der Waals surface area contributed by atoms with Crippen LogP contribution in [0.15, 0.2) is 71.2 Å². The molecule has 0 saturated carbocycles. The molecule has 0 saturated heterocycles. The van der Waals surface area contributed by atoms with Crippen LogP contribution < -0.4 is 5.32 Å². The van der Waals surface area contributed by atoms with Crippen molar-refractivity contribution in [2.45, 2.75) is 20.8 Å². The van der Waals surface area contributed by atoms with Gasteiger partial charge in [0.2, 0.25) is 0 Å². The lowest BCUT2D eigenvalue weighted by Crippen LogP contribution is -1.91. The molecule has 2 rings (SSSR count). The zero-order valence-corrected chi connectivity index (χ0v) is 12.2. The maximum absolute atomic E-state index is 4.67. The van der Waals surface area contributed by atoms with Crippen LogP contribution in [0.1, 0.15) is 20.8 Å². The van der Waals surface area contributed by atoms with Crippen LogP contribution in [0.2, 0.25) is 0 Å². The molecule has 2 heteroatoms. The first kappa shape index (κ1) is 14.1. The van der Waals surface area contributed by atoms with Crippen LogP contribution in [-0.2, 0) is 0 Å². The maximum atomic E-state index is 4.67. The number of allylic oxidation sites excluding steroid dienone is 2. The fourth-order valence-electron chi connectivity index (χ4n) is 1.99. The molecule has 0 amide bonds. The summed E-state index contributed by atoms with van der Waals surface area (Å²) < 4.78 is 0. The van der Waals surface area contributed by atoms with Gasteiger partial charge in [-0.2, -0.15) is 0 Å². The molecule has 2 nitrogen and oxygen atoms in total. The molecule has 0 atom stereocenters. The van der Waals surface area contributed by atoms with Crippen LogP contribution in [0, 0.1) is 0 Å². The molecule has 1 N–H and O–H groups in total. The van der Waals surface area contributed by atoms with Crippen LogP contribution in [-0.4, -0.2) is 5.71 Å². The minimum atomic E-state index is 0.950. The molecule has 102 valence electrons. The lowest BCUT2D eigenvalue weighted by Gasteiger charge is -2.09. The first-order valence-electron chi connectivity index (χ1n) is 6.76. The van der Waals surface area contributed by atoms with Crippen molar-refractivity contribution >= 4 is 22.8 Å². The Kier molecular flexibility index (Phi) is 4.72. The predicted octanol–water partition coefficient (Wildman–Crippen LogP) is 5.49. The van der Waals surface area contributed by atoms with E-state index in [2.05, 4.69) is 30.2 Å². The van der Waals surface area contributed by atoms with Gasteiger partial charge in [-0.05, 0) is 51.1 Å². The number of anilines is 2. The topological polar surface area (TPSA) is 24.4 Å². The summed E-state index contributed by atoms with van der Waals surface area (Å²) in [6.45, 7) is 6.17. The highest BCUT2D eigenvalue weighted by atomic mass is 14.9. The second-order valence-corrected chi connectivity index (χ2v) is 4.98. The molecule has 0 heterocycles. The third-order valence-electron chi connectivity index (χ3n) is 2.75. The lowest BCUT2D eigenvalue weighted by atomic mass is 10.2. The van der Waals surface area contributed by atoms with Crippen molar-refractivity contribution in [3.63, 3.8) is 0 Å². The van der Waals surface area contributed by atoms with Crippen LogP contribution in [0.3, 0.4) is 0 Å². The van der Waals surface area contributed by atoms with Crippen LogP contribution >= 0.6 is 0 Å². The largest absolute Gasteiger partial charge is 0.354 e. The molecule has 0 bridgehead atoms. The fraction of sp³-hybridized carbons (Fsp3) is 0.167. The summed E-state index contributed by atoms with van der Waals surface area (Å²) in [4.78, 5) is 4.67. The van der Waals surface area contributed by atoms with Gasteiger partial charge >= 0.3 is 0 Å². The second-order valence-electron chi connectivity index (χ2n) is 4.98. The quantitative estimate of drug-likeness (QED) is 0.725. The van der Waals surface area contributed by atoms with E-state index in [1.165, 1.54) is 5.57 Å². The van der Waals surface area contributed by atoms with E-state index < -0.39 is 0 Å². The summed E-state index contributed by atoms with van der Waals surface area (Å²) in [6, 6.07) is 18.2. The highest BCUT2D eigenvalue weighted by Crippen LogP contribution is 2.27. The normalized spacial score (nSPS) is 11.1. The zero-order chi connectivity index (χ0) is 14.4. The third-order valence-corrected chi connectivity index (χ3v) is 2.75. The Labute approximate surface area is 120 Å². The van der Waals surface area contributed by atoms with Gasteiger partial charge in [0.1, 0.15) is 0 Å². The van der Waals surface area contributed by atoms with Gasteiger partial charge in [-0.25, -0.2) is 0 Å². The van der Waals surface area contributed by atoms with Gasteiger partial charge < -0.3 is 5.32 Å². The van der Waals surface area contributed by atoms with E-state index in [0.717, 1.165) is 22.8 Å². The molecule has 0 aromatic heterocycles. The maximum Gasteiger partial charge on any atom is 0.0867 e. The van der Waals surface area contributed by atoms with Gasteiger partial charge in [0.05, 0.1) is 11.4 Å². The zero-order valence-electron chi connectivity index (χ0n) is 12.2. The van der Waals surface area contributed by atoms with Crippen LogP contribution in [0.4, 0.5) is 17.1 Å². The third kappa shape index (κ3) is 4.09. The van der Waals surface area contributed by atoms with Crippen molar-refractivity contribution in [2.75, 3.05) is 5.32 Å². The monoisotopic (exact) mass is 264 g/mol. The van der Waals surface area contributed by atoms with E-state index in [9.17, 15) is 0 Å². The average molecular weight is 264 g/mol.